The van der Waals surface area contributed by atoms with E-state index in [0.717, 1.165) is 37.2 Å². The number of rotatable bonds is 4. The average Bonchev–Trinajstić information content (AvgIpc) is 2.42. The van der Waals surface area contributed by atoms with Crippen molar-refractivity contribution in [2.45, 2.75) is 51.0 Å². The van der Waals surface area contributed by atoms with E-state index in [1.807, 2.05) is 6.07 Å². The van der Waals surface area contributed by atoms with E-state index in [1.165, 1.54) is 20.0 Å². The van der Waals surface area contributed by atoms with Gasteiger partial charge in [-0.15, -0.1) is 0 Å². The summed E-state index contributed by atoms with van der Waals surface area (Å²) in [4.78, 5) is 0. The zero-order valence-electron chi connectivity index (χ0n) is 11.9. The van der Waals surface area contributed by atoms with Crippen molar-refractivity contribution in [3.05, 3.63) is 29.6 Å². The van der Waals surface area contributed by atoms with Gasteiger partial charge in [-0.2, -0.15) is 0 Å². The Morgan fingerprint density at radius 3 is 2.58 bits per heavy atom. The fraction of sp³-hybridized carbons (Fsp3) is 0.625. The number of hydrogen-bond donors (Lipinski definition) is 1. The molecule has 3 heteroatoms. The van der Waals surface area contributed by atoms with Crippen LogP contribution in [-0.2, 0) is 5.54 Å². The Balaban J connectivity index is 2.11. The van der Waals surface area contributed by atoms with Gasteiger partial charge >= 0.3 is 0 Å². The highest BCUT2D eigenvalue weighted by molar-refractivity contribution is 5.33. The van der Waals surface area contributed by atoms with Crippen molar-refractivity contribution in [3.63, 3.8) is 0 Å². The molecule has 19 heavy (non-hydrogen) atoms. The summed E-state index contributed by atoms with van der Waals surface area (Å²) in [6.07, 6.45) is 6.72. The second kappa shape index (κ2) is 5.91. The molecule has 2 nitrogen and oxygen atoms in total. The van der Waals surface area contributed by atoms with E-state index >= 15 is 0 Å². The molecule has 0 atom stereocenters. The van der Waals surface area contributed by atoms with Crippen molar-refractivity contribution in [3.8, 4) is 5.75 Å². The molecule has 1 aromatic carbocycles. The lowest BCUT2D eigenvalue weighted by Gasteiger charge is -2.37. The van der Waals surface area contributed by atoms with Gasteiger partial charge in [-0.25, -0.2) is 4.39 Å². The van der Waals surface area contributed by atoms with Gasteiger partial charge in [-0.05, 0) is 49.3 Å². The van der Waals surface area contributed by atoms with Gasteiger partial charge in [-0.3, -0.25) is 0 Å². The van der Waals surface area contributed by atoms with Crippen molar-refractivity contribution in [2.24, 2.45) is 11.7 Å². The molecule has 2 rings (SSSR count). The van der Waals surface area contributed by atoms with E-state index in [0.29, 0.717) is 0 Å². The molecule has 0 heterocycles. The van der Waals surface area contributed by atoms with Crippen LogP contribution in [0.2, 0.25) is 0 Å². The van der Waals surface area contributed by atoms with Crippen LogP contribution in [-0.4, -0.2) is 7.11 Å². The molecule has 1 saturated carbocycles. The van der Waals surface area contributed by atoms with Crippen LogP contribution >= 0.6 is 0 Å². The van der Waals surface area contributed by atoms with E-state index in [9.17, 15) is 4.39 Å². The Bertz CT molecular complexity index is 425. The highest BCUT2D eigenvalue weighted by atomic mass is 19.1. The van der Waals surface area contributed by atoms with Gasteiger partial charge in [0, 0.05) is 5.54 Å². The second-order valence-electron chi connectivity index (χ2n) is 5.74. The zero-order chi connectivity index (χ0) is 13.9. The first-order valence-corrected chi connectivity index (χ1v) is 7.22. The van der Waals surface area contributed by atoms with Crippen molar-refractivity contribution >= 4 is 0 Å². The quantitative estimate of drug-likeness (QED) is 0.893. The molecule has 0 unspecified atom stereocenters. The molecule has 0 radical (unpaired) electrons. The molecule has 0 saturated heterocycles. The molecule has 0 spiro atoms. The summed E-state index contributed by atoms with van der Waals surface area (Å²) >= 11 is 0. The molecule has 106 valence electrons. The maximum atomic E-state index is 13.8. The van der Waals surface area contributed by atoms with E-state index in [-0.39, 0.29) is 17.1 Å². The molecule has 1 fully saturated rings. The molecule has 0 aliphatic heterocycles. The van der Waals surface area contributed by atoms with Crippen LogP contribution in [0.25, 0.3) is 0 Å². The lowest BCUT2D eigenvalue weighted by Crippen LogP contribution is -2.40. The minimum Gasteiger partial charge on any atom is -0.494 e. The SMILES string of the molecule is CCCC1CCC(N)(c2ccc(OC)c(F)c2)CC1. The van der Waals surface area contributed by atoms with Crippen molar-refractivity contribution < 1.29 is 9.13 Å². The number of benzene rings is 1. The lowest BCUT2D eigenvalue weighted by atomic mass is 9.72. The Labute approximate surface area is 115 Å². The van der Waals surface area contributed by atoms with Crippen LogP contribution in [0.1, 0.15) is 51.0 Å². The number of methoxy groups -OCH3 is 1. The molecular formula is C16H24FNO. The predicted molar refractivity (Wildman–Crippen MR) is 75.7 cm³/mol. The molecule has 0 amide bonds. The number of hydrogen-bond acceptors (Lipinski definition) is 2. The molecule has 2 N–H and O–H groups in total. The van der Waals surface area contributed by atoms with Crippen LogP contribution < -0.4 is 10.5 Å². The third kappa shape index (κ3) is 3.08. The number of nitrogens with two attached hydrogens (primary N) is 1. The van der Waals surface area contributed by atoms with Gasteiger partial charge in [-0.1, -0.05) is 25.8 Å². The monoisotopic (exact) mass is 265 g/mol. The van der Waals surface area contributed by atoms with Gasteiger partial charge < -0.3 is 10.5 Å². The highest BCUT2D eigenvalue weighted by Crippen LogP contribution is 2.39. The fourth-order valence-electron chi connectivity index (χ4n) is 3.15. The summed E-state index contributed by atoms with van der Waals surface area (Å²) in [5.41, 5.74) is 7.03. The van der Waals surface area contributed by atoms with Gasteiger partial charge in [0.15, 0.2) is 11.6 Å². The van der Waals surface area contributed by atoms with Crippen LogP contribution in [0.15, 0.2) is 18.2 Å². The first kappa shape index (κ1) is 14.3. The molecular weight excluding hydrogens is 241 g/mol. The van der Waals surface area contributed by atoms with Crippen LogP contribution in [0.3, 0.4) is 0 Å². The molecule has 1 aliphatic carbocycles. The van der Waals surface area contributed by atoms with Crippen LogP contribution in [0.4, 0.5) is 4.39 Å². The van der Waals surface area contributed by atoms with Crippen molar-refractivity contribution in [1.29, 1.82) is 0 Å². The molecule has 0 bridgehead atoms. The Kier molecular flexibility index (Phi) is 4.46. The van der Waals surface area contributed by atoms with E-state index < -0.39 is 0 Å². The minimum atomic E-state index is -0.364. The topological polar surface area (TPSA) is 35.2 Å². The Morgan fingerprint density at radius 1 is 1.37 bits per heavy atom. The summed E-state index contributed by atoms with van der Waals surface area (Å²) in [6.45, 7) is 2.23. The van der Waals surface area contributed by atoms with Gasteiger partial charge in [0.2, 0.25) is 0 Å². The van der Waals surface area contributed by atoms with Crippen molar-refractivity contribution in [2.75, 3.05) is 7.11 Å². The maximum absolute atomic E-state index is 13.8. The lowest BCUT2D eigenvalue weighted by molar-refractivity contribution is 0.225. The molecule has 1 aromatic rings. The first-order chi connectivity index (χ1) is 9.09. The van der Waals surface area contributed by atoms with Gasteiger partial charge in [0.05, 0.1) is 7.11 Å². The summed E-state index contributed by atoms with van der Waals surface area (Å²) in [5.74, 6) is 0.761. The zero-order valence-corrected chi connectivity index (χ0v) is 11.9. The van der Waals surface area contributed by atoms with Gasteiger partial charge in [0.1, 0.15) is 0 Å². The van der Waals surface area contributed by atoms with Crippen LogP contribution in [0.5, 0.6) is 5.75 Å². The predicted octanol–water partition coefficient (Wildman–Crippen LogP) is 3.98. The summed E-state index contributed by atoms with van der Waals surface area (Å²) in [6, 6.07) is 5.12. The smallest absolute Gasteiger partial charge is 0.165 e. The normalized spacial score (nSPS) is 27.3. The largest absolute Gasteiger partial charge is 0.494 e. The van der Waals surface area contributed by atoms with Crippen LogP contribution in [0, 0.1) is 11.7 Å². The fourth-order valence-corrected chi connectivity index (χ4v) is 3.15. The standard InChI is InChI=1S/C16H24FNO/c1-3-4-12-7-9-16(18,10-8-12)13-5-6-15(19-2)14(17)11-13/h5-6,11-12H,3-4,7-10,18H2,1-2H3. The number of ether oxygens (including phenoxy) is 1. The highest BCUT2D eigenvalue weighted by Gasteiger charge is 2.33. The summed E-state index contributed by atoms with van der Waals surface area (Å²) < 4.78 is 18.7. The molecule has 1 aliphatic rings. The van der Waals surface area contributed by atoms with E-state index in [2.05, 4.69) is 6.92 Å². The third-order valence-electron chi connectivity index (χ3n) is 4.42. The first-order valence-electron chi connectivity index (χ1n) is 7.22. The van der Waals surface area contributed by atoms with E-state index in [1.54, 1.807) is 12.1 Å². The summed E-state index contributed by atoms with van der Waals surface area (Å²) in [7, 11) is 1.48. The Morgan fingerprint density at radius 2 is 2.05 bits per heavy atom. The third-order valence-corrected chi connectivity index (χ3v) is 4.42. The average molecular weight is 265 g/mol. The van der Waals surface area contributed by atoms with Crippen molar-refractivity contribution in [1.82, 2.24) is 0 Å². The maximum Gasteiger partial charge on any atom is 0.165 e. The minimum absolute atomic E-state index is 0.284. The Hall–Kier alpha value is -1.09. The molecule has 0 aromatic heterocycles. The second-order valence-corrected chi connectivity index (χ2v) is 5.74. The number of halogens is 1. The van der Waals surface area contributed by atoms with Gasteiger partial charge in [0.25, 0.3) is 0 Å². The van der Waals surface area contributed by atoms with E-state index in [4.69, 9.17) is 10.5 Å². The summed E-state index contributed by atoms with van der Waals surface area (Å²) in [5, 5.41) is 0.